The van der Waals surface area contributed by atoms with E-state index in [0.717, 1.165) is 32.7 Å². The van der Waals surface area contributed by atoms with Crippen molar-refractivity contribution in [2.45, 2.75) is 20.0 Å². The zero-order chi connectivity index (χ0) is 22.8. The van der Waals surface area contributed by atoms with Gasteiger partial charge in [-0.25, -0.2) is 0 Å². The van der Waals surface area contributed by atoms with Gasteiger partial charge in [0.05, 0.1) is 5.69 Å². The zero-order valence-corrected chi connectivity index (χ0v) is 19.3. The lowest BCUT2D eigenvalue weighted by Gasteiger charge is -2.09. The van der Waals surface area contributed by atoms with Gasteiger partial charge in [-0.3, -0.25) is 14.6 Å². The van der Waals surface area contributed by atoms with Crippen LogP contribution < -0.4 is 15.4 Å². The number of aromatic nitrogens is 1. The molecule has 0 atom stereocenters. The number of aryl methyl sites for hydroxylation is 1. The first kappa shape index (κ1) is 23.2. The van der Waals surface area contributed by atoms with Gasteiger partial charge in [0.15, 0.2) is 0 Å². The summed E-state index contributed by atoms with van der Waals surface area (Å²) in [5, 5.41) is 5.57. The molecule has 0 unspecified atom stereocenters. The first-order chi connectivity index (χ1) is 15.5. The van der Waals surface area contributed by atoms with Crippen LogP contribution in [0.15, 0.2) is 77.4 Å². The maximum Gasteiger partial charge on any atom is 0.244 e. The molecule has 0 bridgehead atoms. The molecule has 0 fully saturated rings. The van der Waals surface area contributed by atoms with Crippen LogP contribution in [0.2, 0.25) is 0 Å². The number of ether oxygens (including phenoxy) is 1. The van der Waals surface area contributed by atoms with Gasteiger partial charge in [-0.05, 0) is 60.5 Å². The van der Waals surface area contributed by atoms with Gasteiger partial charge in [-0.2, -0.15) is 0 Å². The lowest BCUT2D eigenvalue weighted by Crippen LogP contribution is -2.26. The number of pyridine rings is 1. The highest BCUT2D eigenvalue weighted by atomic mass is 79.9. The van der Waals surface area contributed by atoms with E-state index in [4.69, 9.17) is 4.74 Å². The molecular weight excluding hydrogens is 470 g/mol. The summed E-state index contributed by atoms with van der Waals surface area (Å²) >= 11 is 3.39. The Morgan fingerprint density at radius 2 is 1.91 bits per heavy atom. The summed E-state index contributed by atoms with van der Waals surface area (Å²) in [4.78, 5) is 28.3. The average molecular weight is 494 g/mol. The molecule has 0 aliphatic carbocycles. The maximum atomic E-state index is 12.1. The number of carbonyl (C=O) groups excluding carboxylic acids is 2. The third kappa shape index (κ3) is 7.67. The standard InChI is InChI=1S/C25H24BrN3O3/c1-18-5-9-20(26)16-23(18)29-25(31)13-15-28-24(30)12-8-19-6-10-22(11-7-19)32-17-21-4-2-3-14-27-21/h2-12,14,16H,13,15,17H2,1H3,(H,28,30)(H,29,31)/b12-8+. The molecule has 2 aromatic carbocycles. The molecule has 32 heavy (non-hydrogen) atoms. The van der Waals surface area contributed by atoms with Crippen molar-refractivity contribution in [3.63, 3.8) is 0 Å². The number of carbonyl (C=O) groups is 2. The largest absolute Gasteiger partial charge is 0.487 e. The monoisotopic (exact) mass is 493 g/mol. The fourth-order valence-corrected chi connectivity index (χ4v) is 3.15. The van der Waals surface area contributed by atoms with E-state index in [0.29, 0.717) is 6.61 Å². The highest BCUT2D eigenvalue weighted by molar-refractivity contribution is 9.10. The number of nitrogens with one attached hydrogen (secondary N) is 2. The normalized spacial score (nSPS) is 10.7. The molecule has 3 rings (SSSR count). The fourth-order valence-electron chi connectivity index (χ4n) is 2.79. The predicted octanol–water partition coefficient (Wildman–Crippen LogP) is 4.89. The Morgan fingerprint density at radius 1 is 1.09 bits per heavy atom. The summed E-state index contributed by atoms with van der Waals surface area (Å²) in [5.74, 6) is 0.313. The molecule has 0 aliphatic rings. The van der Waals surface area contributed by atoms with E-state index < -0.39 is 0 Å². The van der Waals surface area contributed by atoms with E-state index >= 15 is 0 Å². The Hall–Kier alpha value is -3.45. The topological polar surface area (TPSA) is 80.3 Å². The summed E-state index contributed by atoms with van der Waals surface area (Å²) in [6, 6.07) is 18.8. The van der Waals surface area contributed by atoms with Crippen molar-refractivity contribution >= 4 is 39.5 Å². The van der Waals surface area contributed by atoms with Gasteiger partial charge < -0.3 is 15.4 Å². The Labute approximate surface area is 195 Å². The second-order valence-electron chi connectivity index (χ2n) is 7.06. The van der Waals surface area contributed by atoms with Crippen LogP contribution in [-0.2, 0) is 16.2 Å². The number of benzene rings is 2. The number of anilines is 1. The Balaban J connectivity index is 1.39. The predicted molar refractivity (Wildman–Crippen MR) is 129 cm³/mol. The molecule has 0 saturated heterocycles. The van der Waals surface area contributed by atoms with Crippen molar-refractivity contribution in [3.8, 4) is 5.75 Å². The smallest absolute Gasteiger partial charge is 0.244 e. The lowest BCUT2D eigenvalue weighted by molar-refractivity contribution is -0.117. The van der Waals surface area contributed by atoms with Crippen LogP contribution >= 0.6 is 15.9 Å². The molecule has 2 amide bonds. The first-order valence-corrected chi connectivity index (χ1v) is 10.9. The van der Waals surface area contributed by atoms with E-state index in [-0.39, 0.29) is 24.8 Å². The number of amides is 2. The van der Waals surface area contributed by atoms with Gasteiger partial charge >= 0.3 is 0 Å². The van der Waals surface area contributed by atoms with Gasteiger partial charge in [-0.15, -0.1) is 0 Å². The van der Waals surface area contributed by atoms with Gasteiger partial charge in [0.2, 0.25) is 11.8 Å². The summed E-state index contributed by atoms with van der Waals surface area (Å²) in [5.41, 5.74) is 3.45. The highest BCUT2D eigenvalue weighted by Gasteiger charge is 2.06. The molecule has 0 aliphatic heterocycles. The van der Waals surface area contributed by atoms with Crippen molar-refractivity contribution < 1.29 is 14.3 Å². The SMILES string of the molecule is Cc1ccc(Br)cc1NC(=O)CCNC(=O)/C=C/c1ccc(OCc2ccccn2)cc1. The molecule has 0 saturated carbocycles. The number of halogens is 1. The molecule has 1 heterocycles. The molecule has 0 radical (unpaired) electrons. The van der Waals surface area contributed by atoms with Gasteiger partial charge in [0.25, 0.3) is 0 Å². The maximum absolute atomic E-state index is 12.1. The van der Waals surface area contributed by atoms with Gasteiger partial charge in [-0.1, -0.05) is 40.2 Å². The van der Waals surface area contributed by atoms with Crippen molar-refractivity contribution in [1.29, 1.82) is 0 Å². The quantitative estimate of drug-likeness (QED) is 0.415. The molecule has 1 aromatic heterocycles. The molecule has 164 valence electrons. The van der Waals surface area contributed by atoms with Crippen molar-refractivity contribution in [3.05, 3.63) is 94.2 Å². The van der Waals surface area contributed by atoms with Crippen LogP contribution in [0.3, 0.4) is 0 Å². The summed E-state index contributed by atoms with van der Waals surface area (Å²) in [7, 11) is 0. The second kappa shape index (κ2) is 11.8. The number of hydrogen-bond acceptors (Lipinski definition) is 4. The van der Waals surface area contributed by atoms with E-state index in [2.05, 4.69) is 31.5 Å². The zero-order valence-electron chi connectivity index (χ0n) is 17.7. The van der Waals surface area contributed by atoms with E-state index in [1.165, 1.54) is 6.08 Å². The number of nitrogens with zero attached hydrogens (tertiary/aromatic N) is 1. The van der Waals surface area contributed by atoms with E-state index in [1.54, 1.807) is 12.3 Å². The molecule has 0 spiro atoms. The van der Waals surface area contributed by atoms with Crippen LogP contribution in [0, 0.1) is 6.92 Å². The minimum absolute atomic E-state index is 0.156. The van der Waals surface area contributed by atoms with Crippen LogP contribution in [0.4, 0.5) is 5.69 Å². The number of rotatable bonds is 9. The molecule has 3 aromatic rings. The van der Waals surface area contributed by atoms with E-state index in [9.17, 15) is 9.59 Å². The Morgan fingerprint density at radius 3 is 2.66 bits per heavy atom. The fraction of sp³-hybridized carbons (Fsp3) is 0.160. The lowest BCUT2D eigenvalue weighted by atomic mass is 10.2. The van der Waals surface area contributed by atoms with Crippen molar-refractivity contribution in [2.24, 2.45) is 0 Å². The van der Waals surface area contributed by atoms with Crippen LogP contribution in [-0.4, -0.2) is 23.3 Å². The highest BCUT2D eigenvalue weighted by Crippen LogP contribution is 2.20. The first-order valence-electron chi connectivity index (χ1n) is 10.1. The molecule has 2 N–H and O–H groups in total. The minimum Gasteiger partial charge on any atom is -0.487 e. The molecule has 6 nitrogen and oxygen atoms in total. The average Bonchev–Trinajstić information content (AvgIpc) is 2.80. The van der Waals surface area contributed by atoms with Crippen molar-refractivity contribution in [1.82, 2.24) is 10.3 Å². The third-order valence-corrected chi connectivity index (χ3v) is 5.04. The van der Waals surface area contributed by atoms with Gasteiger partial charge in [0.1, 0.15) is 12.4 Å². The van der Waals surface area contributed by atoms with Crippen LogP contribution in [0.25, 0.3) is 6.08 Å². The van der Waals surface area contributed by atoms with Crippen LogP contribution in [0.5, 0.6) is 5.75 Å². The van der Waals surface area contributed by atoms with E-state index in [1.807, 2.05) is 67.6 Å². The number of hydrogen-bond donors (Lipinski definition) is 2. The molecule has 7 heteroatoms. The Kier molecular flexibility index (Phi) is 8.57. The minimum atomic E-state index is -0.257. The van der Waals surface area contributed by atoms with Gasteiger partial charge in [0, 0.05) is 35.4 Å². The second-order valence-corrected chi connectivity index (χ2v) is 7.98. The summed E-state index contributed by atoms with van der Waals surface area (Å²) in [6.45, 7) is 2.57. The third-order valence-electron chi connectivity index (χ3n) is 4.55. The molecular formula is C25H24BrN3O3. The Bertz CT molecular complexity index is 1080. The van der Waals surface area contributed by atoms with Crippen LogP contribution in [0.1, 0.15) is 23.2 Å². The van der Waals surface area contributed by atoms with Crippen molar-refractivity contribution in [2.75, 3.05) is 11.9 Å². The summed E-state index contributed by atoms with van der Waals surface area (Å²) < 4.78 is 6.59. The summed E-state index contributed by atoms with van der Waals surface area (Å²) in [6.07, 6.45) is 5.07.